The van der Waals surface area contributed by atoms with Crippen LogP contribution >= 0.6 is 0 Å². The average molecular weight is 356 g/mol. The summed E-state index contributed by atoms with van der Waals surface area (Å²) in [6, 6.07) is 1.11. The van der Waals surface area contributed by atoms with Gasteiger partial charge in [-0.25, -0.2) is 0 Å². The van der Waals surface area contributed by atoms with Gasteiger partial charge in [-0.2, -0.15) is 0 Å². The fourth-order valence-corrected chi connectivity index (χ4v) is 4.35. The first-order valence-corrected chi connectivity index (χ1v) is 10.1. The Kier molecular flexibility index (Phi) is 7.91. The van der Waals surface area contributed by atoms with E-state index in [0.29, 0.717) is 18.2 Å². The van der Waals surface area contributed by atoms with Gasteiger partial charge in [-0.05, 0) is 58.5 Å². The Labute approximate surface area is 152 Å². The van der Waals surface area contributed by atoms with Gasteiger partial charge in [0.05, 0.1) is 18.4 Å². The van der Waals surface area contributed by atoms with E-state index in [1.54, 1.807) is 0 Å². The minimum Gasteiger partial charge on any atom is -0.379 e. The highest BCUT2D eigenvalue weighted by atomic mass is 16.5. The smallest absolute Gasteiger partial charge is 0.113 e. The van der Waals surface area contributed by atoms with Gasteiger partial charge in [0.1, 0.15) is 6.29 Å². The molecule has 0 aromatic rings. The van der Waals surface area contributed by atoms with Gasteiger partial charge in [-0.1, -0.05) is 0 Å². The molecule has 5 N–H and O–H groups in total. The molecule has 7 heteroatoms. The summed E-state index contributed by atoms with van der Waals surface area (Å²) >= 11 is 0. The van der Waals surface area contributed by atoms with Crippen molar-refractivity contribution in [3.63, 3.8) is 0 Å². The first-order valence-electron chi connectivity index (χ1n) is 10.1. The molecule has 7 nitrogen and oxygen atoms in total. The highest BCUT2D eigenvalue weighted by Gasteiger charge is 2.33. The molecule has 25 heavy (non-hydrogen) atoms. The topological polar surface area (TPSA) is 78.6 Å². The molecule has 3 fully saturated rings. The summed E-state index contributed by atoms with van der Waals surface area (Å²) in [6.45, 7) is 3.02. The van der Waals surface area contributed by atoms with Crippen LogP contribution in [0.3, 0.4) is 0 Å². The lowest BCUT2D eigenvalue weighted by molar-refractivity contribution is -0.0854. The van der Waals surface area contributed by atoms with Gasteiger partial charge >= 0.3 is 0 Å². The van der Waals surface area contributed by atoms with Crippen molar-refractivity contribution < 1.29 is 9.47 Å². The molecule has 2 saturated heterocycles. The van der Waals surface area contributed by atoms with Crippen LogP contribution in [0.2, 0.25) is 0 Å². The van der Waals surface area contributed by atoms with Crippen molar-refractivity contribution in [2.45, 2.75) is 81.7 Å². The molecule has 2 aliphatic heterocycles. The number of rotatable bonds is 8. The van der Waals surface area contributed by atoms with Gasteiger partial charge in [0.25, 0.3) is 0 Å². The maximum absolute atomic E-state index is 6.25. The second-order valence-electron chi connectivity index (χ2n) is 7.63. The second kappa shape index (κ2) is 10.2. The van der Waals surface area contributed by atoms with Crippen molar-refractivity contribution in [3.8, 4) is 0 Å². The number of hydrogen-bond donors (Lipinski definition) is 5. The van der Waals surface area contributed by atoms with E-state index >= 15 is 0 Å². The Morgan fingerprint density at radius 1 is 1.04 bits per heavy atom. The maximum atomic E-state index is 6.25. The van der Waals surface area contributed by atoms with Crippen molar-refractivity contribution in [1.29, 1.82) is 0 Å². The monoisotopic (exact) mass is 355 g/mol. The zero-order valence-electron chi connectivity index (χ0n) is 15.9. The lowest BCUT2D eigenvalue weighted by atomic mass is 9.90. The lowest BCUT2D eigenvalue weighted by Gasteiger charge is -2.39. The summed E-state index contributed by atoms with van der Waals surface area (Å²) in [7, 11) is 3.82. The molecule has 3 rings (SSSR count). The van der Waals surface area contributed by atoms with Gasteiger partial charge in [-0.15, -0.1) is 0 Å². The maximum Gasteiger partial charge on any atom is 0.113 e. The van der Waals surface area contributed by atoms with Gasteiger partial charge in [-0.3, -0.25) is 16.0 Å². The minimum atomic E-state index is 0.165. The molecule has 1 saturated carbocycles. The van der Waals surface area contributed by atoms with Crippen LogP contribution in [0, 0.1) is 0 Å². The predicted octanol–water partition coefficient (Wildman–Crippen LogP) is 0.0828. The molecule has 5 unspecified atom stereocenters. The fourth-order valence-electron chi connectivity index (χ4n) is 4.35. The van der Waals surface area contributed by atoms with Crippen LogP contribution in [0.4, 0.5) is 0 Å². The van der Waals surface area contributed by atoms with Crippen molar-refractivity contribution in [1.82, 2.24) is 26.6 Å². The zero-order valence-corrected chi connectivity index (χ0v) is 15.9. The summed E-state index contributed by atoms with van der Waals surface area (Å²) in [5.41, 5.74) is 0. The zero-order chi connectivity index (χ0) is 17.5. The molecule has 0 radical (unpaired) electrons. The van der Waals surface area contributed by atoms with Crippen LogP contribution in [-0.4, -0.2) is 70.6 Å². The summed E-state index contributed by atoms with van der Waals surface area (Å²) in [6.07, 6.45) is 8.97. The third-order valence-electron chi connectivity index (χ3n) is 5.89. The van der Waals surface area contributed by atoms with Crippen molar-refractivity contribution in [2.24, 2.45) is 0 Å². The number of methoxy groups -OCH3 is 1. The van der Waals surface area contributed by atoms with E-state index < -0.39 is 0 Å². The molecule has 3 aliphatic rings. The van der Waals surface area contributed by atoms with E-state index in [4.69, 9.17) is 9.47 Å². The van der Waals surface area contributed by atoms with E-state index in [9.17, 15) is 0 Å². The Bertz CT molecular complexity index is 380. The molecule has 6 atom stereocenters. The standard InChI is InChI=1S/C18H37N5O2/c1-19-17-7-10-21-18(23-17)22-14-5-6-15(24-2)16(12-14)25-11-8-13-4-3-9-20-13/h13-23H,3-12H2,1-2H3/t13-,14?,15?,16?,17?,18?/m0/s1. The normalized spacial score (nSPS) is 39.6. The molecule has 0 spiro atoms. The third-order valence-corrected chi connectivity index (χ3v) is 5.89. The number of ether oxygens (including phenoxy) is 2. The van der Waals surface area contributed by atoms with Crippen molar-refractivity contribution >= 4 is 0 Å². The largest absolute Gasteiger partial charge is 0.379 e. The van der Waals surface area contributed by atoms with Crippen molar-refractivity contribution in [3.05, 3.63) is 0 Å². The van der Waals surface area contributed by atoms with E-state index in [0.717, 1.165) is 51.8 Å². The Hall–Kier alpha value is -0.280. The highest BCUT2D eigenvalue weighted by Crippen LogP contribution is 2.25. The summed E-state index contributed by atoms with van der Waals surface area (Å²) in [5.74, 6) is 0. The average Bonchev–Trinajstić information content (AvgIpc) is 3.16. The van der Waals surface area contributed by atoms with Crippen LogP contribution in [-0.2, 0) is 9.47 Å². The summed E-state index contributed by atoms with van der Waals surface area (Å²) in [4.78, 5) is 0. The first kappa shape index (κ1) is 19.5. The first-order chi connectivity index (χ1) is 12.3. The molecule has 1 aliphatic carbocycles. The number of hydrogen-bond acceptors (Lipinski definition) is 7. The molecule has 2 heterocycles. The molecular weight excluding hydrogens is 318 g/mol. The molecule has 146 valence electrons. The van der Waals surface area contributed by atoms with E-state index in [-0.39, 0.29) is 18.5 Å². The van der Waals surface area contributed by atoms with Crippen LogP contribution in [0.5, 0.6) is 0 Å². The quantitative estimate of drug-likeness (QED) is 0.422. The molecular formula is C18H37N5O2. The van der Waals surface area contributed by atoms with Crippen LogP contribution in [0.15, 0.2) is 0 Å². The predicted molar refractivity (Wildman–Crippen MR) is 99.3 cm³/mol. The molecule has 0 amide bonds. The highest BCUT2D eigenvalue weighted by molar-refractivity contribution is 4.88. The van der Waals surface area contributed by atoms with Crippen LogP contribution in [0.1, 0.15) is 44.9 Å². The molecule has 0 aromatic carbocycles. The summed E-state index contributed by atoms with van der Waals surface area (Å²) in [5, 5.41) is 17.6. The molecule has 0 aromatic heterocycles. The summed E-state index contributed by atoms with van der Waals surface area (Å²) < 4.78 is 11.9. The SMILES string of the molecule is CNC1CCNC(NC2CCC(OC)C(OCC[C@@H]3CCCN3)C2)N1. The lowest BCUT2D eigenvalue weighted by Crippen LogP contribution is -2.65. The van der Waals surface area contributed by atoms with Gasteiger partial charge < -0.3 is 20.1 Å². The number of nitrogens with one attached hydrogen (secondary N) is 5. The fraction of sp³-hybridized carbons (Fsp3) is 1.00. The Balaban J connectivity index is 1.42. The molecule has 0 bridgehead atoms. The minimum absolute atomic E-state index is 0.165. The van der Waals surface area contributed by atoms with Gasteiger partial charge in [0, 0.05) is 32.3 Å². The van der Waals surface area contributed by atoms with E-state index in [1.807, 2.05) is 14.2 Å². The Morgan fingerprint density at radius 2 is 1.96 bits per heavy atom. The van der Waals surface area contributed by atoms with Gasteiger partial charge in [0.2, 0.25) is 0 Å². The second-order valence-corrected chi connectivity index (χ2v) is 7.63. The van der Waals surface area contributed by atoms with E-state index in [1.165, 1.54) is 12.8 Å². The van der Waals surface area contributed by atoms with Crippen molar-refractivity contribution in [2.75, 3.05) is 33.9 Å². The Morgan fingerprint density at radius 3 is 2.72 bits per heavy atom. The third kappa shape index (κ3) is 5.85. The van der Waals surface area contributed by atoms with Crippen LogP contribution < -0.4 is 26.6 Å². The van der Waals surface area contributed by atoms with E-state index in [2.05, 4.69) is 26.6 Å². The van der Waals surface area contributed by atoms with Crippen LogP contribution in [0.25, 0.3) is 0 Å². The van der Waals surface area contributed by atoms with Gasteiger partial charge in [0.15, 0.2) is 0 Å².